The molecule has 0 saturated heterocycles. The van der Waals surface area contributed by atoms with Gasteiger partial charge in [0, 0.05) is 29.5 Å². The first kappa shape index (κ1) is 16.6. The molecule has 2 aromatic rings. The normalized spacial score (nSPS) is 10.6. The molecule has 5 heteroatoms. The monoisotopic (exact) mass is 319 g/mol. The molecule has 0 unspecified atom stereocenters. The molecule has 2 rings (SSSR count). The van der Waals surface area contributed by atoms with E-state index in [2.05, 4.69) is 4.98 Å². The molecule has 0 spiro atoms. The molecular weight excluding hydrogens is 298 g/mol. The van der Waals surface area contributed by atoms with E-state index in [1.54, 1.807) is 24.0 Å². The molecule has 0 bridgehead atoms. The molecule has 0 radical (unpaired) electrons. The Balaban J connectivity index is 1.86. The zero-order valence-electron chi connectivity index (χ0n) is 12.7. The first-order valence-electron chi connectivity index (χ1n) is 7.33. The Morgan fingerprint density at radius 3 is 2.55 bits per heavy atom. The van der Waals surface area contributed by atoms with Gasteiger partial charge in [-0.05, 0) is 17.5 Å². The van der Waals surface area contributed by atoms with Crippen LogP contribution in [0, 0.1) is 0 Å². The molecule has 0 atom stereocenters. The van der Waals surface area contributed by atoms with Crippen molar-refractivity contribution in [2.45, 2.75) is 31.5 Å². The van der Waals surface area contributed by atoms with E-state index in [9.17, 15) is 4.79 Å². The lowest BCUT2D eigenvalue weighted by molar-refractivity contribution is 0.282. The van der Waals surface area contributed by atoms with Crippen LogP contribution in [0.4, 0.5) is 0 Å². The van der Waals surface area contributed by atoms with Gasteiger partial charge in [0.2, 0.25) is 5.43 Å². The molecule has 0 aliphatic heterocycles. The smallest absolute Gasteiger partial charge is 0.223 e. The number of aliphatic hydroxyl groups excluding tert-OH is 1. The van der Waals surface area contributed by atoms with Gasteiger partial charge in [-0.2, -0.15) is 11.8 Å². The highest BCUT2D eigenvalue weighted by atomic mass is 32.2. The molecule has 0 amide bonds. The second-order valence-corrected chi connectivity index (χ2v) is 5.99. The number of nitrogens with one attached hydrogen (secondary N) is 1. The van der Waals surface area contributed by atoms with Gasteiger partial charge in [-0.25, -0.2) is 0 Å². The van der Waals surface area contributed by atoms with Crippen LogP contribution in [-0.4, -0.2) is 16.7 Å². The number of ether oxygens (including phenoxy) is 1. The SMILES string of the molecule is CCCOc1c[nH]c(CSCc2ccc(CO)cc2)cc1=O. The fraction of sp³-hybridized carbons (Fsp3) is 0.353. The zero-order valence-corrected chi connectivity index (χ0v) is 13.5. The van der Waals surface area contributed by atoms with Crippen molar-refractivity contribution in [1.29, 1.82) is 0 Å². The van der Waals surface area contributed by atoms with Gasteiger partial charge in [0.25, 0.3) is 0 Å². The van der Waals surface area contributed by atoms with Crippen molar-refractivity contribution in [3.05, 3.63) is 63.6 Å². The summed E-state index contributed by atoms with van der Waals surface area (Å²) in [5.74, 6) is 1.99. The van der Waals surface area contributed by atoms with E-state index in [0.717, 1.165) is 29.2 Å². The van der Waals surface area contributed by atoms with Crippen LogP contribution < -0.4 is 10.2 Å². The van der Waals surface area contributed by atoms with Gasteiger partial charge in [0.1, 0.15) is 0 Å². The molecule has 1 aromatic heterocycles. The Morgan fingerprint density at radius 2 is 1.91 bits per heavy atom. The van der Waals surface area contributed by atoms with Crippen LogP contribution in [0.25, 0.3) is 0 Å². The van der Waals surface area contributed by atoms with E-state index in [-0.39, 0.29) is 12.0 Å². The highest BCUT2D eigenvalue weighted by Gasteiger charge is 2.03. The van der Waals surface area contributed by atoms with Crippen molar-refractivity contribution < 1.29 is 9.84 Å². The summed E-state index contributed by atoms with van der Waals surface area (Å²) in [5, 5.41) is 9.01. The topological polar surface area (TPSA) is 62.3 Å². The number of benzene rings is 1. The largest absolute Gasteiger partial charge is 0.488 e. The van der Waals surface area contributed by atoms with Gasteiger partial charge in [0.05, 0.1) is 13.2 Å². The molecule has 0 aliphatic rings. The van der Waals surface area contributed by atoms with Gasteiger partial charge in [-0.3, -0.25) is 4.79 Å². The Morgan fingerprint density at radius 1 is 1.18 bits per heavy atom. The van der Waals surface area contributed by atoms with Gasteiger partial charge in [-0.1, -0.05) is 31.2 Å². The summed E-state index contributed by atoms with van der Waals surface area (Å²) in [5.41, 5.74) is 2.94. The molecule has 1 aromatic carbocycles. The van der Waals surface area contributed by atoms with Crippen LogP contribution in [0.3, 0.4) is 0 Å². The van der Waals surface area contributed by atoms with Crippen LogP contribution in [-0.2, 0) is 18.1 Å². The maximum absolute atomic E-state index is 11.9. The summed E-state index contributed by atoms with van der Waals surface area (Å²) in [6, 6.07) is 9.49. The minimum Gasteiger partial charge on any atom is -0.488 e. The molecule has 4 nitrogen and oxygen atoms in total. The summed E-state index contributed by atoms with van der Waals surface area (Å²) >= 11 is 1.73. The molecular formula is C17H21NO3S. The lowest BCUT2D eigenvalue weighted by atomic mass is 10.2. The third-order valence-electron chi connectivity index (χ3n) is 3.13. The maximum atomic E-state index is 11.9. The number of aromatic amines is 1. The zero-order chi connectivity index (χ0) is 15.8. The minimum atomic E-state index is -0.0740. The van der Waals surface area contributed by atoms with E-state index in [1.165, 1.54) is 5.56 Å². The van der Waals surface area contributed by atoms with Crippen molar-refractivity contribution in [2.75, 3.05) is 6.61 Å². The van der Waals surface area contributed by atoms with E-state index in [4.69, 9.17) is 9.84 Å². The number of hydrogen-bond donors (Lipinski definition) is 2. The number of pyridine rings is 1. The average Bonchev–Trinajstić information content (AvgIpc) is 2.55. The van der Waals surface area contributed by atoms with Crippen LogP contribution in [0.1, 0.15) is 30.2 Å². The number of rotatable bonds is 8. The molecule has 0 fully saturated rings. The number of H-pyrrole nitrogens is 1. The Hall–Kier alpha value is -1.72. The summed E-state index contributed by atoms with van der Waals surface area (Å²) in [6.07, 6.45) is 2.52. The molecule has 118 valence electrons. The van der Waals surface area contributed by atoms with Crippen molar-refractivity contribution in [2.24, 2.45) is 0 Å². The van der Waals surface area contributed by atoms with Gasteiger partial charge in [0.15, 0.2) is 5.75 Å². The summed E-state index contributed by atoms with van der Waals surface area (Å²) in [6.45, 7) is 2.63. The summed E-state index contributed by atoms with van der Waals surface area (Å²) < 4.78 is 5.37. The third kappa shape index (κ3) is 4.93. The summed E-state index contributed by atoms with van der Waals surface area (Å²) in [7, 11) is 0. The highest BCUT2D eigenvalue weighted by molar-refractivity contribution is 7.97. The quantitative estimate of drug-likeness (QED) is 0.785. The van der Waals surface area contributed by atoms with Crippen molar-refractivity contribution in [1.82, 2.24) is 4.98 Å². The fourth-order valence-electron chi connectivity index (χ4n) is 1.93. The number of hydrogen-bond acceptors (Lipinski definition) is 4. The van der Waals surface area contributed by atoms with Gasteiger partial charge >= 0.3 is 0 Å². The molecule has 1 heterocycles. The highest BCUT2D eigenvalue weighted by Crippen LogP contribution is 2.17. The first-order chi connectivity index (χ1) is 10.7. The first-order valence-corrected chi connectivity index (χ1v) is 8.49. The minimum absolute atomic E-state index is 0.0705. The van der Waals surface area contributed by atoms with Crippen molar-refractivity contribution in [3.8, 4) is 5.75 Å². The molecule has 2 N–H and O–H groups in total. The summed E-state index contributed by atoms with van der Waals surface area (Å²) in [4.78, 5) is 15.0. The second-order valence-electron chi connectivity index (χ2n) is 5.00. The van der Waals surface area contributed by atoms with Crippen LogP contribution in [0.2, 0.25) is 0 Å². The fourth-order valence-corrected chi connectivity index (χ4v) is 2.85. The van der Waals surface area contributed by atoms with Gasteiger partial charge < -0.3 is 14.8 Å². The maximum Gasteiger partial charge on any atom is 0.223 e. The predicted octanol–water partition coefficient (Wildman–Crippen LogP) is 3.09. The number of aromatic nitrogens is 1. The Kier molecular flexibility index (Phi) is 6.55. The Bertz CT molecular complexity index is 637. The Labute approximate surface area is 134 Å². The van der Waals surface area contributed by atoms with E-state index in [0.29, 0.717) is 12.4 Å². The van der Waals surface area contributed by atoms with Crippen LogP contribution >= 0.6 is 11.8 Å². The molecule has 0 aliphatic carbocycles. The molecule has 22 heavy (non-hydrogen) atoms. The standard InChI is InChI=1S/C17H21NO3S/c1-2-7-21-17-9-18-15(8-16(17)20)12-22-11-14-5-3-13(10-19)4-6-14/h3-6,8-9,19H,2,7,10-12H2,1H3,(H,18,20). The van der Waals surface area contributed by atoms with E-state index in [1.807, 2.05) is 31.2 Å². The van der Waals surface area contributed by atoms with Crippen LogP contribution in [0.5, 0.6) is 5.75 Å². The lowest BCUT2D eigenvalue weighted by Crippen LogP contribution is -2.09. The van der Waals surface area contributed by atoms with E-state index >= 15 is 0 Å². The number of thioether (sulfide) groups is 1. The average molecular weight is 319 g/mol. The van der Waals surface area contributed by atoms with Crippen molar-refractivity contribution in [3.63, 3.8) is 0 Å². The number of aliphatic hydroxyl groups is 1. The second kappa shape index (κ2) is 8.66. The predicted molar refractivity (Wildman–Crippen MR) is 90.2 cm³/mol. The van der Waals surface area contributed by atoms with E-state index < -0.39 is 0 Å². The van der Waals surface area contributed by atoms with Crippen molar-refractivity contribution >= 4 is 11.8 Å². The van der Waals surface area contributed by atoms with Gasteiger partial charge in [-0.15, -0.1) is 0 Å². The third-order valence-corrected chi connectivity index (χ3v) is 4.18. The van der Waals surface area contributed by atoms with Crippen LogP contribution in [0.15, 0.2) is 41.3 Å². The lowest BCUT2D eigenvalue weighted by Gasteiger charge is -2.06. The molecule has 0 saturated carbocycles.